The number of ether oxygens (including phenoxy) is 2. The molecular weight excluding hydrogens is 343 g/mol. The topological polar surface area (TPSA) is 90.6 Å². The van der Waals surface area contributed by atoms with E-state index in [1.807, 2.05) is 12.1 Å². The van der Waals surface area contributed by atoms with Gasteiger partial charge in [0, 0.05) is 17.1 Å². The van der Waals surface area contributed by atoms with Gasteiger partial charge in [0.1, 0.15) is 12.6 Å². The van der Waals surface area contributed by atoms with Gasteiger partial charge in [-0.15, -0.1) is 12.4 Å². The van der Waals surface area contributed by atoms with Crippen molar-refractivity contribution in [3.8, 4) is 0 Å². The molecule has 1 atom stereocenters. The lowest BCUT2D eigenvalue weighted by atomic mass is 10.1. The summed E-state index contributed by atoms with van der Waals surface area (Å²) in [4.78, 5) is 22.6. The van der Waals surface area contributed by atoms with Gasteiger partial charge in [-0.2, -0.15) is 0 Å². The molecule has 8 heteroatoms. The van der Waals surface area contributed by atoms with Crippen LogP contribution < -0.4 is 11.1 Å². The SMILES string of the molecule is COC(=O)[C@@H](N)CCCCNC(=O)OCc1ccccc1Cl.Cl. The fourth-order valence-corrected chi connectivity index (χ4v) is 1.95. The van der Waals surface area contributed by atoms with Crippen LogP contribution in [0.5, 0.6) is 0 Å². The van der Waals surface area contributed by atoms with Crippen molar-refractivity contribution in [2.45, 2.75) is 31.9 Å². The predicted octanol–water partition coefficient (Wildman–Crippen LogP) is 2.66. The number of nitrogens with two attached hydrogens (primary N) is 1. The maximum absolute atomic E-state index is 11.5. The maximum Gasteiger partial charge on any atom is 0.407 e. The third-order valence-electron chi connectivity index (χ3n) is 3.03. The zero-order valence-corrected chi connectivity index (χ0v) is 14.5. The molecule has 0 saturated carbocycles. The Labute approximate surface area is 147 Å². The molecule has 0 bridgehead atoms. The van der Waals surface area contributed by atoms with E-state index >= 15 is 0 Å². The molecule has 0 fully saturated rings. The van der Waals surface area contributed by atoms with E-state index in [-0.39, 0.29) is 19.0 Å². The zero-order chi connectivity index (χ0) is 16.4. The summed E-state index contributed by atoms with van der Waals surface area (Å²) in [5.41, 5.74) is 6.35. The van der Waals surface area contributed by atoms with Crippen molar-refractivity contribution in [3.63, 3.8) is 0 Å². The quantitative estimate of drug-likeness (QED) is 0.546. The highest BCUT2D eigenvalue weighted by atomic mass is 35.5. The summed E-state index contributed by atoms with van der Waals surface area (Å²) >= 11 is 5.96. The van der Waals surface area contributed by atoms with Crippen LogP contribution in [0.25, 0.3) is 0 Å². The molecule has 0 aromatic heterocycles. The van der Waals surface area contributed by atoms with Crippen molar-refractivity contribution in [2.24, 2.45) is 5.73 Å². The lowest BCUT2D eigenvalue weighted by Crippen LogP contribution is -2.31. The minimum atomic E-state index is -0.614. The van der Waals surface area contributed by atoms with E-state index < -0.39 is 18.1 Å². The van der Waals surface area contributed by atoms with Gasteiger partial charge in [0.2, 0.25) is 0 Å². The van der Waals surface area contributed by atoms with Crippen LogP contribution in [0.15, 0.2) is 24.3 Å². The molecule has 0 aliphatic rings. The second-order valence-electron chi connectivity index (χ2n) is 4.72. The first-order valence-electron chi connectivity index (χ1n) is 7.02. The van der Waals surface area contributed by atoms with Crippen molar-refractivity contribution >= 4 is 36.1 Å². The number of unbranched alkanes of at least 4 members (excludes halogenated alkanes) is 1. The van der Waals surface area contributed by atoms with Gasteiger partial charge >= 0.3 is 12.1 Å². The molecule has 0 unspecified atom stereocenters. The lowest BCUT2D eigenvalue weighted by molar-refractivity contribution is -0.142. The number of methoxy groups -OCH3 is 1. The third-order valence-corrected chi connectivity index (χ3v) is 3.40. The van der Waals surface area contributed by atoms with Crippen LogP contribution in [0.4, 0.5) is 4.79 Å². The maximum atomic E-state index is 11.5. The number of amides is 1. The van der Waals surface area contributed by atoms with Gasteiger partial charge in [-0.3, -0.25) is 4.79 Å². The number of carbonyl (C=O) groups excluding carboxylic acids is 2. The second-order valence-corrected chi connectivity index (χ2v) is 5.13. The first-order chi connectivity index (χ1) is 10.5. The number of hydrogen-bond acceptors (Lipinski definition) is 5. The van der Waals surface area contributed by atoms with E-state index in [4.69, 9.17) is 22.1 Å². The number of hydrogen-bond donors (Lipinski definition) is 2. The van der Waals surface area contributed by atoms with Crippen LogP contribution in [0.3, 0.4) is 0 Å². The number of halogens is 2. The van der Waals surface area contributed by atoms with Gasteiger partial charge in [0.05, 0.1) is 7.11 Å². The Morgan fingerprint density at radius 3 is 2.65 bits per heavy atom. The molecule has 0 aliphatic heterocycles. The van der Waals surface area contributed by atoms with E-state index in [2.05, 4.69) is 10.1 Å². The van der Waals surface area contributed by atoms with Crippen LogP contribution in [0, 0.1) is 0 Å². The van der Waals surface area contributed by atoms with Crippen molar-refractivity contribution in [1.82, 2.24) is 5.32 Å². The number of esters is 1. The fourth-order valence-electron chi connectivity index (χ4n) is 1.76. The van der Waals surface area contributed by atoms with Gasteiger partial charge in [-0.25, -0.2) is 4.79 Å². The summed E-state index contributed by atoms with van der Waals surface area (Å²) in [5, 5.41) is 3.19. The van der Waals surface area contributed by atoms with Crippen molar-refractivity contribution in [2.75, 3.05) is 13.7 Å². The van der Waals surface area contributed by atoms with Crippen LogP contribution in [0.2, 0.25) is 5.02 Å². The molecule has 6 nitrogen and oxygen atoms in total. The largest absolute Gasteiger partial charge is 0.468 e. The van der Waals surface area contributed by atoms with E-state index in [0.717, 1.165) is 5.56 Å². The summed E-state index contributed by atoms with van der Waals surface area (Å²) in [6.45, 7) is 0.577. The summed E-state index contributed by atoms with van der Waals surface area (Å²) in [6.07, 6.45) is 1.42. The normalized spacial score (nSPS) is 11.1. The molecule has 0 aliphatic carbocycles. The fraction of sp³-hybridized carbons (Fsp3) is 0.467. The smallest absolute Gasteiger partial charge is 0.407 e. The number of benzene rings is 1. The Bertz CT molecular complexity index is 500. The Kier molecular flexibility index (Phi) is 11.2. The minimum Gasteiger partial charge on any atom is -0.468 e. The number of alkyl carbamates (subject to hydrolysis) is 1. The van der Waals surface area contributed by atoms with Gasteiger partial charge in [-0.05, 0) is 25.3 Å². The van der Waals surface area contributed by atoms with E-state index in [1.165, 1.54) is 7.11 Å². The molecule has 1 rings (SSSR count). The first-order valence-corrected chi connectivity index (χ1v) is 7.40. The summed E-state index contributed by atoms with van der Waals surface area (Å²) in [6, 6.07) is 6.56. The molecule has 0 saturated heterocycles. The average molecular weight is 365 g/mol. The summed E-state index contributed by atoms with van der Waals surface area (Å²) in [5.74, 6) is -0.424. The second kappa shape index (κ2) is 12.0. The van der Waals surface area contributed by atoms with Crippen LogP contribution in [-0.2, 0) is 20.9 Å². The Morgan fingerprint density at radius 2 is 2.00 bits per heavy atom. The number of nitrogens with one attached hydrogen (secondary N) is 1. The van der Waals surface area contributed by atoms with Gasteiger partial charge in [0.25, 0.3) is 0 Å². The molecule has 130 valence electrons. The van der Waals surface area contributed by atoms with Gasteiger partial charge in [0.15, 0.2) is 0 Å². The molecule has 23 heavy (non-hydrogen) atoms. The molecule has 1 aromatic carbocycles. The molecule has 1 amide bonds. The summed E-state index contributed by atoms with van der Waals surface area (Å²) < 4.78 is 9.59. The molecule has 0 heterocycles. The Hall–Kier alpha value is -1.50. The molecule has 3 N–H and O–H groups in total. The van der Waals surface area contributed by atoms with Crippen molar-refractivity contribution < 1.29 is 19.1 Å². The predicted molar refractivity (Wildman–Crippen MR) is 90.7 cm³/mol. The lowest BCUT2D eigenvalue weighted by Gasteiger charge is -2.10. The Morgan fingerprint density at radius 1 is 1.30 bits per heavy atom. The highest BCUT2D eigenvalue weighted by Gasteiger charge is 2.12. The number of rotatable bonds is 8. The average Bonchev–Trinajstić information content (AvgIpc) is 2.52. The molecule has 0 spiro atoms. The molecular formula is C15H22Cl2N2O4. The highest BCUT2D eigenvalue weighted by Crippen LogP contribution is 2.15. The first kappa shape index (κ1) is 21.5. The van der Waals surface area contributed by atoms with E-state index in [1.54, 1.807) is 12.1 Å². The van der Waals surface area contributed by atoms with Gasteiger partial charge < -0.3 is 20.5 Å². The number of carbonyl (C=O) groups is 2. The molecule has 1 aromatic rings. The van der Waals surface area contributed by atoms with Crippen LogP contribution in [-0.4, -0.2) is 31.8 Å². The third kappa shape index (κ3) is 8.64. The van der Waals surface area contributed by atoms with Crippen LogP contribution >= 0.6 is 24.0 Å². The monoisotopic (exact) mass is 364 g/mol. The highest BCUT2D eigenvalue weighted by molar-refractivity contribution is 6.31. The standard InChI is InChI=1S/C15H21ClN2O4.ClH/c1-21-14(19)13(17)8-4-5-9-18-15(20)22-10-11-6-2-3-7-12(11)16;/h2-3,6-7,13H,4-5,8-10,17H2,1H3,(H,18,20);1H/t13-;/m0./s1. The minimum absolute atomic E-state index is 0. The van der Waals surface area contributed by atoms with Gasteiger partial charge in [-0.1, -0.05) is 29.8 Å². The van der Waals surface area contributed by atoms with Crippen molar-refractivity contribution in [1.29, 1.82) is 0 Å². The Balaban J connectivity index is 0.00000484. The van der Waals surface area contributed by atoms with E-state index in [0.29, 0.717) is 30.8 Å². The van der Waals surface area contributed by atoms with E-state index in [9.17, 15) is 9.59 Å². The molecule has 0 radical (unpaired) electrons. The van der Waals surface area contributed by atoms with Crippen LogP contribution in [0.1, 0.15) is 24.8 Å². The van der Waals surface area contributed by atoms with Crippen molar-refractivity contribution in [3.05, 3.63) is 34.9 Å². The summed E-state index contributed by atoms with van der Waals surface area (Å²) in [7, 11) is 1.30. The zero-order valence-electron chi connectivity index (χ0n) is 12.9.